The molecule has 0 radical (unpaired) electrons. The number of phenols is 1. The second-order valence-corrected chi connectivity index (χ2v) is 9.60. The number of fused-ring (bicyclic) bond motifs is 4. The molecule has 0 unspecified atom stereocenters. The van der Waals surface area contributed by atoms with E-state index in [1.54, 1.807) is 6.07 Å². The Morgan fingerprint density at radius 1 is 0.919 bits per heavy atom. The number of ether oxygens (including phenoxy) is 1. The molecule has 3 heterocycles. The number of phenolic OH excluding ortho intramolecular Hbond substituents is 1. The van der Waals surface area contributed by atoms with E-state index in [9.17, 15) is 5.11 Å². The fourth-order valence-electron chi connectivity index (χ4n) is 4.73. The van der Waals surface area contributed by atoms with Crippen molar-refractivity contribution in [2.45, 2.75) is 33.6 Å². The van der Waals surface area contributed by atoms with Crippen LogP contribution in [0.1, 0.15) is 36.5 Å². The van der Waals surface area contributed by atoms with Crippen LogP contribution in [0.3, 0.4) is 0 Å². The molecule has 0 bridgehead atoms. The van der Waals surface area contributed by atoms with Crippen molar-refractivity contribution in [2.75, 3.05) is 0 Å². The van der Waals surface area contributed by atoms with Crippen LogP contribution < -0.4 is 4.74 Å². The third-order valence-electron chi connectivity index (χ3n) is 6.68. The number of hydrogen-bond donors (Lipinski definition) is 1. The van der Waals surface area contributed by atoms with Gasteiger partial charge in [-0.15, -0.1) is 17.5 Å². The molecule has 1 N–H and O–H groups in total. The minimum atomic E-state index is 0. The fourth-order valence-corrected chi connectivity index (χ4v) is 4.73. The van der Waals surface area contributed by atoms with Crippen molar-refractivity contribution in [2.24, 2.45) is 0 Å². The van der Waals surface area contributed by atoms with E-state index in [4.69, 9.17) is 9.72 Å². The van der Waals surface area contributed by atoms with Crippen LogP contribution in [0, 0.1) is 19.9 Å². The zero-order chi connectivity index (χ0) is 25.0. The Morgan fingerprint density at radius 3 is 2.51 bits per heavy atom. The van der Waals surface area contributed by atoms with Gasteiger partial charge in [-0.25, -0.2) is 9.97 Å². The van der Waals surface area contributed by atoms with Crippen molar-refractivity contribution >= 4 is 32.7 Å². The van der Waals surface area contributed by atoms with Gasteiger partial charge in [0.05, 0.1) is 0 Å². The summed E-state index contributed by atoms with van der Waals surface area (Å²) in [5.41, 5.74) is 5.85. The maximum atomic E-state index is 10.3. The summed E-state index contributed by atoms with van der Waals surface area (Å²) in [4.78, 5) is 9.27. The van der Waals surface area contributed by atoms with Gasteiger partial charge in [0, 0.05) is 50.0 Å². The maximum Gasteiger partial charge on any atom is 0.217 e. The maximum absolute atomic E-state index is 10.3. The fraction of sp³-hybridized carbons (Fsp3) is 0.161. The van der Waals surface area contributed by atoms with Gasteiger partial charge in [-0.1, -0.05) is 49.7 Å². The summed E-state index contributed by atoms with van der Waals surface area (Å²) in [6.45, 7) is 8.43. The van der Waals surface area contributed by atoms with Gasteiger partial charge in [-0.05, 0) is 60.0 Å². The van der Waals surface area contributed by atoms with Gasteiger partial charge in [0.1, 0.15) is 17.1 Å². The van der Waals surface area contributed by atoms with Crippen molar-refractivity contribution in [1.82, 2.24) is 14.5 Å². The van der Waals surface area contributed by atoms with Gasteiger partial charge in [-0.3, -0.25) is 0 Å². The Labute approximate surface area is 230 Å². The Kier molecular flexibility index (Phi) is 6.51. The first kappa shape index (κ1) is 25.0. The van der Waals surface area contributed by atoms with Crippen molar-refractivity contribution in [3.63, 3.8) is 0 Å². The molecule has 6 aromatic rings. The molecule has 6 rings (SSSR count). The molecule has 5 nitrogen and oxygen atoms in total. The first-order chi connectivity index (χ1) is 17.4. The predicted molar refractivity (Wildman–Crippen MR) is 144 cm³/mol. The summed E-state index contributed by atoms with van der Waals surface area (Å²) < 4.78 is 8.32. The molecule has 188 valence electrons. The average molecular weight is 668 g/mol. The second-order valence-electron chi connectivity index (χ2n) is 9.60. The van der Waals surface area contributed by atoms with Crippen LogP contribution in [0.5, 0.6) is 17.4 Å². The molecule has 0 fully saturated rings. The number of rotatable bonds is 4. The van der Waals surface area contributed by atoms with Crippen LogP contribution in [0.25, 0.3) is 38.5 Å². The number of para-hydroxylation sites is 1. The summed E-state index contributed by atoms with van der Waals surface area (Å²) in [5, 5.41) is 13.5. The van der Waals surface area contributed by atoms with Crippen molar-refractivity contribution in [3.05, 3.63) is 95.7 Å². The Hall–Kier alpha value is -3.69. The summed E-state index contributed by atoms with van der Waals surface area (Å²) >= 11 is 0. The molecule has 3 aromatic carbocycles. The molecule has 0 saturated carbocycles. The molecule has 0 aliphatic carbocycles. The molecule has 6 heteroatoms. The van der Waals surface area contributed by atoms with E-state index in [1.165, 1.54) is 5.56 Å². The number of nitrogens with zero attached hydrogens (tertiary/aromatic N) is 3. The van der Waals surface area contributed by atoms with E-state index in [0.717, 1.165) is 44.1 Å². The zero-order valence-electron chi connectivity index (χ0n) is 21.0. The van der Waals surface area contributed by atoms with E-state index in [-0.39, 0.29) is 26.8 Å². The molecule has 0 atom stereocenters. The third-order valence-corrected chi connectivity index (χ3v) is 6.68. The van der Waals surface area contributed by atoms with Crippen LogP contribution in [0.2, 0.25) is 0 Å². The minimum absolute atomic E-state index is 0. The number of aromatic hydroxyl groups is 1. The van der Waals surface area contributed by atoms with Crippen LogP contribution in [-0.2, 0) is 21.1 Å². The van der Waals surface area contributed by atoms with E-state index < -0.39 is 0 Å². The molecule has 3 aromatic heterocycles. The first-order valence-corrected chi connectivity index (χ1v) is 12.1. The predicted octanol–water partition coefficient (Wildman–Crippen LogP) is 7.76. The Morgan fingerprint density at radius 2 is 1.76 bits per heavy atom. The van der Waals surface area contributed by atoms with Gasteiger partial charge in [-0.2, -0.15) is 6.07 Å². The number of aryl methyl sites for hydroxylation is 2. The molecule has 0 aliphatic heterocycles. The molecule has 37 heavy (non-hydrogen) atoms. The van der Waals surface area contributed by atoms with Crippen molar-refractivity contribution in [1.29, 1.82) is 0 Å². The number of pyridine rings is 2. The average Bonchev–Trinajstić information content (AvgIpc) is 3.18. The second kappa shape index (κ2) is 9.64. The topological polar surface area (TPSA) is 60.2 Å². The van der Waals surface area contributed by atoms with E-state index in [0.29, 0.717) is 23.1 Å². The molecular formula is C31H26N3O2Pt-. The summed E-state index contributed by atoms with van der Waals surface area (Å²) in [7, 11) is 0. The summed E-state index contributed by atoms with van der Waals surface area (Å²) in [6, 6.07) is 25.4. The Bertz CT molecular complexity index is 1770. The van der Waals surface area contributed by atoms with Crippen molar-refractivity contribution < 1.29 is 30.9 Å². The van der Waals surface area contributed by atoms with E-state index >= 15 is 0 Å². The van der Waals surface area contributed by atoms with Gasteiger partial charge in [0.2, 0.25) is 5.88 Å². The first-order valence-electron chi connectivity index (χ1n) is 12.1. The van der Waals surface area contributed by atoms with E-state index in [1.807, 2.05) is 50.4 Å². The number of hydrogen-bond acceptors (Lipinski definition) is 4. The van der Waals surface area contributed by atoms with Gasteiger partial charge in [0.15, 0.2) is 0 Å². The SMILES string of the molecule is Cc1ccc(-n2c3[c-]c(Oc4cc(C)c5cccc(O)c5n4)ccc3c3cc(C(C)C)ccc32)nc1.[Pt]. The molecular weight excluding hydrogens is 641 g/mol. The zero-order valence-corrected chi connectivity index (χ0v) is 23.3. The van der Waals surface area contributed by atoms with Crippen LogP contribution in [-0.4, -0.2) is 19.6 Å². The number of aromatic nitrogens is 3. The van der Waals surface area contributed by atoms with Gasteiger partial charge < -0.3 is 14.4 Å². The smallest absolute Gasteiger partial charge is 0.217 e. The Balaban J connectivity index is 0.00000280. The van der Waals surface area contributed by atoms with Gasteiger partial charge in [0.25, 0.3) is 0 Å². The third kappa shape index (κ3) is 4.38. The monoisotopic (exact) mass is 667 g/mol. The van der Waals surface area contributed by atoms with Crippen molar-refractivity contribution in [3.8, 4) is 23.2 Å². The molecule has 0 spiro atoms. The number of benzene rings is 3. The quantitative estimate of drug-likeness (QED) is 0.195. The largest absolute Gasteiger partial charge is 0.506 e. The van der Waals surface area contributed by atoms with Crippen LogP contribution in [0.4, 0.5) is 0 Å². The standard InChI is InChI=1S/C31H26N3O2.Pt/c1-18(2)21-9-12-26-25(15-21)24-11-10-22(16-27(24)34(26)29-13-8-19(3)17-32-29)36-30-14-20(4)23-6-5-7-28(35)31(23)33-30;/h5-15,17-18,35H,1-4H3;/q-1;. The van der Waals surface area contributed by atoms with Crippen LogP contribution in [0.15, 0.2) is 72.9 Å². The van der Waals surface area contributed by atoms with Crippen LogP contribution >= 0.6 is 0 Å². The van der Waals surface area contributed by atoms with Gasteiger partial charge >= 0.3 is 0 Å². The summed E-state index contributed by atoms with van der Waals surface area (Å²) in [6.07, 6.45) is 1.88. The molecule has 0 amide bonds. The molecule has 0 saturated heterocycles. The minimum Gasteiger partial charge on any atom is -0.506 e. The molecule has 0 aliphatic rings. The van der Waals surface area contributed by atoms with E-state index in [2.05, 4.69) is 59.8 Å². The summed E-state index contributed by atoms with van der Waals surface area (Å²) in [5.74, 6) is 2.35. The normalized spacial score (nSPS) is 11.4.